The van der Waals surface area contributed by atoms with Crippen LogP contribution in [0.1, 0.15) is 44.5 Å². The van der Waals surface area contributed by atoms with Crippen molar-refractivity contribution in [1.82, 2.24) is 10.3 Å². The molecule has 2 unspecified atom stereocenters. The molecular weight excluding hydrogens is 240 g/mol. The van der Waals surface area contributed by atoms with Crippen LogP contribution in [-0.2, 0) is 0 Å². The second-order valence-corrected chi connectivity index (χ2v) is 5.84. The Morgan fingerprint density at radius 1 is 1.28 bits per heavy atom. The van der Waals surface area contributed by atoms with Gasteiger partial charge in [-0.25, -0.2) is 4.98 Å². The first-order valence-corrected chi connectivity index (χ1v) is 7.66. The summed E-state index contributed by atoms with van der Waals surface area (Å²) in [6.45, 7) is 7.83. The Kier molecular flexibility index (Phi) is 4.72. The summed E-state index contributed by atoms with van der Waals surface area (Å²) in [5.41, 5.74) is 1.13. The fraction of sp³-hybridized carbons (Fsp3) is 0.533. The molecule has 0 spiro atoms. The van der Waals surface area contributed by atoms with Gasteiger partial charge in [-0.15, -0.1) is 11.3 Å². The summed E-state index contributed by atoms with van der Waals surface area (Å²) in [4.78, 5) is 4.77. The predicted molar refractivity (Wildman–Crippen MR) is 80.4 cm³/mol. The van der Waals surface area contributed by atoms with Crippen LogP contribution in [0.4, 0.5) is 0 Å². The SMILES string of the molecule is CCCNC(CC)C(C)c1nc2ccccc2s1. The smallest absolute Gasteiger partial charge is 0.0982 e. The zero-order valence-corrected chi connectivity index (χ0v) is 12.3. The van der Waals surface area contributed by atoms with Crippen LogP contribution in [0.25, 0.3) is 10.2 Å². The van der Waals surface area contributed by atoms with Crippen molar-refractivity contribution >= 4 is 21.6 Å². The van der Waals surface area contributed by atoms with Crippen molar-refractivity contribution in [2.45, 2.75) is 45.6 Å². The highest BCUT2D eigenvalue weighted by atomic mass is 32.1. The summed E-state index contributed by atoms with van der Waals surface area (Å²) < 4.78 is 1.30. The van der Waals surface area contributed by atoms with Crippen molar-refractivity contribution in [2.24, 2.45) is 0 Å². The van der Waals surface area contributed by atoms with E-state index in [0.29, 0.717) is 12.0 Å². The number of benzene rings is 1. The Morgan fingerprint density at radius 2 is 2.06 bits per heavy atom. The minimum Gasteiger partial charge on any atom is -0.313 e. The second kappa shape index (κ2) is 6.30. The van der Waals surface area contributed by atoms with Crippen LogP contribution in [0.5, 0.6) is 0 Å². The molecule has 0 aliphatic heterocycles. The summed E-state index contributed by atoms with van der Waals surface area (Å²) in [5, 5.41) is 4.88. The lowest BCUT2D eigenvalue weighted by Gasteiger charge is -2.22. The molecule has 1 heterocycles. The van der Waals surface area contributed by atoms with Gasteiger partial charge in [0.25, 0.3) is 0 Å². The van der Waals surface area contributed by atoms with Gasteiger partial charge in [-0.2, -0.15) is 0 Å². The van der Waals surface area contributed by atoms with Crippen molar-refractivity contribution in [1.29, 1.82) is 0 Å². The first-order chi connectivity index (χ1) is 8.76. The van der Waals surface area contributed by atoms with E-state index in [4.69, 9.17) is 4.98 Å². The van der Waals surface area contributed by atoms with Gasteiger partial charge in [-0.1, -0.05) is 32.9 Å². The summed E-state index contributed by atoms with van der Waals surface area (Å²) in [6, 6.07) is 8.93. The molecule has 2 nitrogen and oxygen atoms in total. The van der Waals surface area contributed by atoms with Gasteiger partial charge < -0.3 is 5.32 Å². The minimum absolute atomic E-state index is 0.485. The third-order valence-electron chi connectivity index (χ3n) is 3.40. The lowest BCUT2D eigenvalue weighted by Crippen LogP contribution is -2.33. The largest absolute Gasteiger partial charge is 0.313 e. The molecule has 0 aliphatic rings. The summed E-state index contributed by atoms with van der Waals surface area (Å²) in [6.07, 6.45) is 2.33. The van der Waals surface area contributed by atoms with E-state index in [1.165, 1.54) is 16.1 Å². The number of hydrogen-bond acceptors (Lipinski definition) is 3. The lowest BCUT2D eigenvalue weighted by molar-refractivity contribution is 0.437. The van der Waals surface area contributed by atoms with Crippen molar-refractivity contribution in [3.63, 3.8) is 0 Å². The van der Waals surface area contributed by atoms with Crippen LogP contribution in [0.2, 0.25) is 0 Å². The molecule has 0 aliphatic carbocycles. The van der Waals surface area contributed by atoms with Gasteiger partial charge in [-0.3, -0.25) is 0 Å². The van der Waals surface area contributed by atoms with E-state index >= 15 is 0 Å². The van der Waals surface area contributed by atoms with E-state index < -0.39 is 0 Å². The van der Waals surface area contributed by atoms with E-state index in [-0.39, 0.29) is 0 Å². The monoisotopic (exact) mass is 262 g/mol. The third kappa shape index (κ3) is 2.90. The topological polar surface area (TPSA) is 24.9 Å². The van der Waals surface area contributed by atoms with E-state index in [2.05, 4.69) is 50.4 Å². The Labute approximate surface area is 113 Å². The lowest BCUT2D eigenvalue weighted by atomic mass is 10.0. The van der Waals surface area contributed by atoms with E-state index in [9.17, 15) is 0 Å². The van der Waals surface area contributed by atoms with Crippen LogP contribution < -0.4 is 5.32 Å². The number of thiazole rings is 1. The van der Waals surface area contributed by atoms with E-state index in [1.54, 1.807) is 0 Å². The maximum Gasteiger partial charge on any atom is 0.0982 e. The molecule has 1 aromatic heterocycles. The molecule has 0 saturated carbocycles. The predicted octanol–water partition coefficient (Wildman–Crippen LogP) is 4.18. The molecule has 18 heavy (non-hydrogen) atoms. The number of rotatable bonds is 6. The summed E-state index contributed by atoms with van der Waals surface area (Å²) in [7, 11) is 0. The van der Waals surface area contributed by atoms with Crippen LogP contribution in [0.3, 0.4) is 0 Å². The van der Waals surface area contributed by atoms with Crippen LogP contribution in [-0.4, -0.2) is 17.6 Å². The molecule has 0 saturated heterocycles. The first-order valence-electron chi connectivity index (χ1n) is 6.85. The molecule has 3 heteroatoms. The maximum absolute atomic E-state index is 4.77. The number of para-hydroxylation sites is 1. The van der Waals surface area contributed by atoms with E-state index in [1.807, 2.05) is 11.3 Å². The van der Waals surface area contributed by atoms with E-state index in [0.717, 1.165) is 18.5 Å². The quantitative estimate of drug-likeness (QED) is 0.845. The molecule has 2 rings (SSSR count). The summed E-state index contributed by atoms with van der Waals surface area (Å²) in [5.74, 6) is 0.485. The van der Waals surface area contributed by atoms with Gasteiger partial charge >= 0.3 is 0 Å². The second-order valence-electron chi connectivity index (χ2n) is 4.78. The third-order valence-corrected chi connectivity index (χ3v) is 4.64. The van der Waals surface area contributed by atoms with Gasteiger partial charge in [0.05, 0.1) is 15.2 Å². The highest BCUT2D eigenvalue weighted by molar-refractivity contribution is 7.18. The first kappa shape index (κ1) is 13.5. The van der Waals surface area contributed by atoms with Crippen molar-refractivity contribution < 1.29 is 0 Å². The van der Waals surface area contributed by atoms with Gasteiger partial charge in [0.1, 0.15) is 0 Å². The molecule has 1 aromatic carbocycles. The molecule has 2 aromatic rings. The van der Waals surface area contributed by atoms with Gasteiger partial charge in [0, 0.05) is 12.0 Å². The van der Waals surface area contributed by atoms with Crippen LogP contribution in [0.15, 0.2) is 24.3 Å². The number of aromatic nitrogens is 1. The average Bonchev–Trinajstić information content (AvgIpc) is 2.83. The molecule has 0 bridgehead atoms. The minimum atomic E-state index is 0.485. The molecular formula is C15H22N2S. The van der Waals surface area contributed by atoms with Gasteiger partial charge in [0.15, 0.2) is 0 Å². The Hall–Kier alpha value is -0.930. The van der Waals surface area contributed by atoms with Gasteiger partial charge in [0.2, 0.25) is 0 Å². The Bertz CT molecular complexity index is 459. The fourth-order valence-electron chi connectivity index (χ4n) is 2.26. The molecule has 0 fully saturated rings. The zero-order chi connectivity index (χ0) is 13.0. The standard InChI is InChI=1S/C15H22N2S/c1-4-10-16-12(5-2)11(3)15-17-13-8-6-7-9-14(13)18-15/h6-9,11-12,16H,4-5,10H2,1-3H3. The van der Waals surface area contributed by atoms with Crippen molar-refractivity contribution in [2.75, 3.05) is 6.54 Å². The molecule has 1 N–H and O–H groups in total. The number of hydrogen-bond donors (Lipinski definition) is 1. The fourth-order valence-corrected chi connectivity index (χ4v) is 3.35. The Morgan fingerprint density at radius 3 is 2.72 bits per heavy atom. The maximum atomic E-state index is 4.77. The van der Waals surface area contributed by atoms with Crippen molar-refractivity contribution in [3.05, 3.63) is 29.3 Å². The van der Waals surface area contributed by atoms with Crippen LogP contribution in [0, 0.1) is 0 Å². The summed E-state index contributed by atoms with van der Waals surface area (Å²) >= 11 is 1.83. The Balaban J connectivity index is 2.18. The molecule has 0 radical (unpaired) electrons. The number of nitrogens with one attached hydrogen (secondary N) is 1. The highest BCUT2D eigenvalue weighted by Gasteiger charge is 2.19. The highest BCUT2D eigenvalue weighted by Crippen LogP contribution is 2.29. The van der Waals surface area contributed by atoms with Crippen LogP contribution >= 0.6 is 11.3 Å². The average molecular weight is 262 g/mol. The molecule has 2 atom stereocenters. The van der Waals surface area contributed by atoms with Crippen molar-refractivity contribution in [3.8, 4) is 0 Å². The normalized spacial score (nSPS) is 14.8. The number of nitrogens with zero attached hydrogens (tertiary/aromatic N) is 1. The van der Waals surface area contributed by atoms with Gasteiger partial charge in [-0.05, 0) is 31.5 Å². The zero-order valence-electron chi connectivity index (χ0n) is 11.4. The molecule has 98 valence electrons. The molecule has 0 amide bonds. The number of fused-ring (bicyclic) bond motifs is 1.